The second-order valence-corrected chi connectivity index (χ2v) is 12.3. The molecule has 0 aliphatic heterocycles. The van der Waals surface area contributed by atoms with E-state index in [1.54, 1.807) is 0 Å². The fraction of sp³-hybridized carbons (Fsp3) is 0.364. The zero-order chi connectivity index (χ0) is 17.6. The molecule has 0 aliphatic rings. The van der Waals surface area contributed by atoms with Crippen LogP contribution in [0.15, 0.2) is 72.4 Å². The SMILES string of the molecule is CC[C@](C)(O)[C@@H](/C=C/[Si](C)(C)Cc1ccccc1)c1ccccc1. The van der Waals surface area contributed by atoms with Gasteiger partial charge in [0.05, 0.1) is 13.7 Å². The Morgan fingerprint density at radius 3 is 2.08 bits per heavy atom. The third-order valence-corrected chi connectivity index (χ3v) is 7.20. The molecule has 0 amide bonds. The second-order valence-electron chi connectivity index (χ2n) is 7.61. The third-order valence-electron chi connectivity index (χ3n) is 4.79. The van der Waals surface area contributed by atoms with Crippen LogP contribution in [-0.2, 0) is 6.04 Å². The maximum absolute atomic E-state index is 10.9. The normalized spacial score (nSPS) is 16.0. The van der Waals surface area contributed by atoms with E-state index in [2.05, 4.69) is 86.4 Å². The minimum absolute atomic E-state index is 0.0336. The first-order valence-electron chi connectivity index (χ1n) is 8.85. The first kappa shape index (κ1) is 18.7. The van der Waals surface area contributed by atoms with E-state index in [4.69, 9.17) is 0 Å². The van der Waals surface area contributed by atoms with Crippen molar-refractivity contribution in [3.05, 3.63) is 83.6 Å². The van der Waals surface area contributed by atoms with Gasteiger partial charge in [-0.1, -0.05) is 98.0 Å². The van der Waals surface area contributed by atoms with Gasteiger partial charge in [0.25, 0.3) is 0 Å². The molecule has 0 saturated carbocycles. The smallest absolute Gasteiger partial charge is 0.0756 e. The second kappa shape index (κ2) is 7.95. The Labute approximate surface area is 148 Å². The van der Waals surface area contributed by atoms with E-state index < -0.39 is 13.7 Å². The largest absolute Gasteiger partial charge is 0.389 e. The Hall–Kier alpha value is -1.64. The summed E-state index contributed by atoms with van der Waals surface area (Å²) < 4.78 is 0. The molecule has 2 atom stereocenters. The number of hydrogen-bond acceptors (Lipinski definition) is 1. The van der Waals surface area contributed by atoms with Gasteiger partial charge in [-0.2, -0.15) is 0 Å². The molecule has 0 aliphatic carbocycles. The first-order valence-corrected chi connectivity index (χ1v) is 12.1. The van der Waals surface area contributed by atoms with Crippen LogP contribution in [0.4, 0.5) is 0 Å². The van der Waals surface area contributed by atoms with E-state index in [0.717, 1.165) is 12.5 Å². The van der Waals surface area contributed by atoms with Crippen LogP contribution in [0.3, 0.4) is 0 Å². The van der Waals surface area contributed by atoms with Crippen molar-refractivity contribution >= 4 is 8.07 Å². The molecule has 0 aromatic heterocycles. The van der Waals surface area contributed by atoms with Gasteiger partial charge in [0.1, 0.15) is 0 Å². The monoisotopic (exact) mass is 338 g/mol. The molecule has 1 nitrogen and oxygen atoms in total. The van der Waals surface area contributed by atoms with Gasteiger partial charge in [-0.05, 0) is 25.0 Å². The molecule has 24 heavy (non-hydrogen) atoms. The lowest BCUT2D eigenvalue weighted by Gasteiger charge is -2.31. The van der Waals surface area contributed by atoms with Crippen molar-refractivity contribution in [3.63, 3.8) is 0 Å². The van der Waals surface area contributed by atoms with Crippen molar-refractivity contribution in [3.8, 4) is 0 Å². The molecule has 2 rings (SSSR count). The van der Waals surface area contributed by atoms with E-state index in [-0.39, 0.29) is 5.92 Å². The molecule has 0 spiro atoms. The topological polar surface area (TPSA) is 20.2 Å². The van der Waals surface area contributed by atoms with Gasteiger partial charge in [-0.3, -0.25) is 0 Å². The molecule has 0 heterocycles. The number of hydrogen-bond donors (Lipinski definition) is 1. The van der Waals surface area contributed by atoms with E-state index in [1.165, 1.54) is 11.1 Å². The van der Waals surface area contributed by atoms with Crippen molar-refractivity contribution in [1.82, 2.24) is 0 Å². The van der Waals surface area contributed by atoms with Gasteiger partial charge in [0.2, 0.25) is 0 Å². The Kier molecular flexibility index (Phi) is 6.19. The van der Waals surface area contributed by atoms with Crippen LogP contribution in [0.25, 0.3) is 0 Å². The quantitative estimate of drug-likeness (QED) is 0.659. The number of benzene rings is 2. The van der Waals surface area contributed by atoms with Gasteiger partial charge in [0, 0.05) is 5.92 Å². The predicted octanol–water partition coefficient (Wildman–Crippen LogP) is 5.52. The lowest BCUT2D eigenvalue weighted by molar-refractivity contribution is 0.0412. The third kappa shape index (κ3) is 5.18. The highest BCUT2D eigenvalue weighted by molar-refractivity contribution is 6.81. The maximum atomic E-state index is 10.9. The van der Waals surface area contributed by atoms with Crippen LogP contribution < -0.4 is 0 Å². The van der Waals surface area contributed by atoms with Gasteiger partial charge < -0.3 is 5.11 Å². The average molecular weight is 339 g/mol. The van der Waals surface area contributed by atoms with Crippen LogP contribution in [0, 0.1) is 0 Å². The molecule has 2 aromatic carbocycles. The van der Waals surface area contributed by atoms with Gasteiger partial charge >= 0.3 is 0 Å². The fourth-order valence-electron chi connectivity index (χ4n) is 3.10. The predicted molar refractivity (Wildman–Crippen MR) is 107 cm³/mol. The average Bonchev–Trinajstić information content (AvgIpc) is 2.56. The minimum atomic E-state index is -1.52. The van der Waals surface area contributed by atoms with E-state index in [9.17, 15) is 5.11 Å². The van der Waals surface area contributed by atoms with Crippen molar-refractivity contribution in [1.29, 1.82) is 0 Å². The summed E-state index contributed by atoms with van der Waals surface area (Å²) in [7, 11) is -1.52. The van der Waals surface area contributed by atoms with Crippen LogP contribution in [0.5, 0.6) is 0 Å². The van der Waals surface area contributed by atoms with Gasteiger partial charge in [-0.15, -0.1) is 0 Å². The Bertz CT molecular complexity index is 644. The molecule has 0 fully saturated rings. The zero-order valence-corrected chi connectivity index (χ0v) is 16.4. The van der Waals surface area contributed by atoms with Gasteiger partial charge in [0.15, 0.2) is 0 Å². The Morgan fingerprint density at radius 2 is 1.54 bits per heavy atom. The number of rotatable bonds is 7. The summed E-state index contributed by atoms with van der Waals surface area (Å²) in [5.74, 6) is 0.0336. The summed E-state index contributed by atoms with van der Waals surface area (Å²) in [6, 6.07) is 22.2. The molecular weight excluding hydrogens is 308 g/mol. The highest BCUT2D eigenvalue weighted by atomic mass is 28.3. The van der Waals surface area contributed by atoms with Crippen LogP contribution in [0.2, 0.25) is 13.1 Å². The molecule has 2 aromatic rings. The summed E-state index contributed by atoms with van der Waals surface area (Å²) >= 11 is 0. The molecule has 2 heteroatoms. The number of aliphatic hydroxyl groups is 1. The Balaban J connectivity index is 2.23. The summed E-state index contributed by atoms with van der Waals surface area (Å²) in [5.41, 5.74) is 4.26. The molecule has 0 radical (unpaired) electrons. The summed E-state index contributed by atoms with van der Waals surface area (Å²) in [6.07, 6.45) is 2.99. The zero-order valence-electron chi connectivity index (χ0n) is 15.4. The van der Waals surface area contributed by atoms with Crippen molar-refractivity contribution in [2.75, 3.05) is 0 Å². The van der Waals surface area contributed by atoms with Crippen molar-refractivity contribution in [2.45, 2.75) is 50.9 Å². The summed E-state index contributed by atoms with van der Waals surface area (Å²) in [6.45, 7) is 8.77. The first-order chi connectivity index (χ1) is 11.3. The minimum Gasteiger partial charge on any atom is -0.389 e. The highest BCUT2D eigenvalue weighted by Gasteiger charge is 2.30. The van der Waals surface area contributed by atoms with Crippen LogP contribution >= 0.6 is 0 Å². The molecule has 0 bridgehead atoms. The molecule has 128 valence electrons. The fourth-order valence-corrected chi connectivity index (χ4v) is 5.21. The Morgan fingerprint density at radius 1 is 1.00 bits per heavy atom. The summed E-state index contributed by atoms with van der Waals surface area (Å²) in [4.78, 5) is 0. The maximum Gasteiger partial charge on any atom is 0.0756 e. The van der Waals surface area contributed by atoms with Gasteiger partial charge in [-0.25, -0.2) is 0 Å². The van der Waals surface area contributed by atoms with E-state index in [1.807, 2.05) is 13.0 Å². The van der Waals surface area contributed by atoms with Crippen molar-refractivity contribution in [2.24, 2.45) is 0 Å². The molecule has 0 saturated heterocycles. The standard InChI is InChI=1S/C22H30OSi/c1-5-22(2,23)21(20-14-10-7-11-15-20)16-17-24(3,4)18-19-12-8-6-9-13-19/h6-17,21,23H,5,18H2,1-4H3/b17-16+/t21-,22-/m0/s1. The lowest BCUT2D eigenvalue weighted by atomic mass is 9.82. The van der Waals surface area contributed by atoms with Crippen LogP contribution in [0.1, 0.15) is 37.3 Å². The lowest BCUT2D eigenvalue weighted by Crippen LogP contribution is -2.32. The molecule has 0 unspecified atom stereocenters. The molecular formula is C22H30OSi. The van der Waals surface area contributed by atoms with E-state index >= 15 is 0 Å². The van der Waals surface area contributed by atoms with E-state index in [0.29, 0.717) is 0 Å². The highest BCUT2D eigenvalue weighted by Crippen LogP contribution is 2.32. The van der Waals surface area contributed by atoms with Crippen LogP contribution in [-0.4, -0.2) is 18.8 Å². The van der Waals surface area contributed by atoms with Crippen molar-refractivity contribution < 1.29 is 5.11 Å². The molecule has 1 N–H and O–H groups in total. The summed E-state index contributed by atoms with van der Waals surface area (Å²) in [5, 5.41) is 10.9.